The average Bonchev–Trinajstić information content (AvgIpc) is 2.10. The fraction of sp³-hybridized carbons (Fsp3) is 0.818. The highest BCUT2D eigenvalue weighted by molar-refractivity contribution is 4.89. The lowest BCUT2D eigenvalue weighted by Crippen LogP contribution is -1.99. The van der Waals surface area contributed by atoms with Crippen molar-refractivity contribution >= 4 is 0 Å². The van der Waals surface area contributed by atoms with E-state index >= 15 is 0 Å². The third kappa shape index (κ3) is 6.15. The zero-order valence-corrected chi connectivity index (χ0v) is 7.56. The van der Waals surface area contributed by atoms with Gasteiger partial charge in [-0.15, -0.1) is 0 Å². The summed E-state index contributed by atoms with van der Waals surface area (Å²) in [5.41, 5.74) is 0. The molecule has 0 N–H and O–H groups in total. The molecule has 0 aromatic carbocycles. The SMILES string of the molecule is C.CC.CCC1CC=CCC1. The van der Waals surface area contributed by atoms with E-state index in [9.17, 15) is 0 Å². The molecule has 68 valence electrons. The molecule has 0 spiro atoms. The zero-order chi connectivity index (χ0) is 7.82. The molecular weight excluding hydrogens is 132 g/mol. The van der Waals surface area contributed by atoms with Gasteiger partial charge in [0.05, 0.1) is 0 Å². The summed E-state index contributed by atoms with van der Waals surface area (Å²) in [6.07, 6.45) is 10.1. The van der Waals surface area contributed by atoms with Gasteiger partial charge in [0.1, 0.15) is 0 Å². The summed E-state index contributed by atoms with van der Waals surface area (Å²) in [5, 5.41) is 0. The number of hydrogen-bond donors (Lipinski definition) is 0. The van der Waals surface area contributed by atoms with Crippen molar-refractivity contribution in [2.45, 2.75) is 53.9 Å². The summed E-state index contributed by atoms with van der Waals surface area (Å²) < 4.78 is 0. The van der Waals surface area contributed by atoms with Crippen molar-refractivity contribution in [3.8, 4) is 0 Å². The molecule has 11 heavy (non-hydrogen) atoms. The van der Waals surface area contributed by atoms with E-state index in [0.717, 1.165) is 5.92 Å². The van der Waals surface area contributed by atoms with Crippen molar-refractivity contribution in [2.75, 3.05) is 0 Å². The normalized spacial score (nSPS) is 21.2. The van der Waals surface area contributed by atoms with Gasteiger partial charge in [0, 0.05) is 0 Å². The molecule has 0 saturated heterocycles. The second-order valence-electron chi connectivity index (χ2n) is 2.56. The Labute approximate surface area is 72.7 Å². The molecule has 0 fully saturated rings. The van der Waals surface area contributed by atoms with Crippen molar-refractivity contribution in [1.82, 2.24) is 0 Å². The quantitative estimate of drug-likeness (QED) is 0.493. The summed E-state index contributed by atoms with van der Waals surface area (Å²) in [7, 11) is 0. The van der Waals surface area contributed by atoms with Gasteiger partial charge in [-0.05, 0) is 25.2 Å². The Morgan fingerprint density at radius 1 is 1.27 bits per heavy atom. The first kappa shape index (κ1) is 13.3. The predicted octanol–water partition coefficient (Wildman–Crippen LogP) is 4.42. The standard InChI is InChI=1S/C8H14.C2H6.CH4/c1-2-8-6-4-3-5-7-8;1-2;/h3-4,8H,2,5-7H2,1H3;1-2H3;1H4. The van der Waals surface area contributed by atoms with Crippen LogP contribution in [0.5, 0.6) is 0 Å². The van der Waals surface area contributed by atoms with E-state index in [2.05, 4.69) is 19.1 Å². The van der Waals surface area contributed by atoms with Crippen LogP contribution in [0.3, 0.4) is 0 Å². The average molecular weight is 156 g/mol. The van der Waals surface area contributed by atoms with Crippen molar-refractivity contribution < 1.29 is 0 Å². The molecule has 0 bridgehead atoms. The highest BCUT2D eigenvalue weighted by atomic mass is 14.1. The van der Waals surface area contributed by atoms with E-state index in [0.29, 0.717) is 0 Å². The Morgan fingerprint density at radius 3 is 2.18 bits per heavy atom. The second kappa shape index (κ2) is 9.74. The van der Waals surface area contributed by atoms with Crippen molar-refractivity contribution in [3.05, 3.63) is 12.2 Å². The van der Waals surface area contributed by atoms with E-state index < -0.39 is 0 Å². The summed E-state index contributed by atoms with van der Waals surface area (Å²) in [4.78, 5) is 0. The number of rotatable bonds is 1. The third-order valence-electron chi connectivity index (χ3n) is 1.96. The molecule has 0 aliphatic heterocycles. The van der Waals surface area contributed by atoms with E-state index in [4.69, 9.17) is 0 Å². The largest absolute Gasteiger partial charge is 0.0885 e. The predicted molar refractivity (Wildman–Crippen MR) is 54.9 cm³/mol. The molecule has 0 heterocycles. The van der Waals surface area contributed by atoms with Crippen molar-refractivity contribution in [3.63, 3.8) is 0 Å². The van der Waals surface area contributed by atoms with E-state index in [-0.39, 0.29) is 7.43 Å². The van der Waals surface area contributed by atoms with Crippen LogP contribution in [0, 0.1) is 5.92 Å². The molecule has 1 unspecified atom stereocenters. The Balaban J connectivity index is 0. The first-order valence-corrected chi connectivity index (χ1v) is 4.58. The smallest absolute Gasteiger partial charge is 0.0322 e. The van der Waals surface area contributed by atoms with Crippen LogP contribution >= 0.6 is 0 Å². The first-order valence-electron chi connectivity index (χ1n) is 4.58. The lowest BCUT2D eigenvalue weighted by atomic mass is 9.92. The maximum absolute atomic E-state index is 2.32. The molecular formula is C11H24. The molecule has 0 heteroatoms. The fourth-order valence-electron chi connectivity index (χ4n) is 1.23. The van der Waals surface area contributed by atoms with Crippen LogP contribution in [0.4, 0.5) is 0 Å². The van der Waals surface area contributed by atoms with Gasteiger partial charge in [0.2, 0.25) is 0 Å². The topological polar surface area (TPSA) is 0 Å². The van der Waals surface area contributed by atoms with Gasteiger partial charge in [-0.2, -0.15) is 0 Å². The lowest BCUT2D eigenvalue weighted by molar-refractivity contribution is 0.465. The monoisotopic (exact) mass is 156 g/mol. The maximum atomic E-state index is 2.32. The van der Waals surface area contributed by atoms with Gasteiger partial charge in [-0.1, -0.05) is 46.8 Å². The van der Waals surface area contributed by atoms with Crippen LogP contribution in [0.2, 0.25) is 0 Å². The molecule has 0 nitrogen and oxygen atoms in total. The van der Waals surface area contributed by atoms with Gasteiger partial charge in [-0.3, -0.25) is 0 Å². The Bertz CT molecular complexity index is 82.0. The molecule has 0 amide bonds. The van der Waals surface area contributed by atoms with Gasteiger partial charge in [-0.25, -0.2) is 0 Å². The number of hydrogen-bond acceptors (Lipinski definition) is 0. The first-order chi connectivity index (χ1) is 4.93. The molecule has 1 rings (SSSR count). The van der Waals surface area contributed by atoms with Crippen LogP contribution in [0.25, 0.3) is 0 Å². The molecule has 1 atom stereocenters. The lowest BCUT2D eigenvalue weighted by Gasteiger charge is -2.13. The van der Waals surface area contributed by atoms with Crippen molar-refractivity contribution in [1.29, 1.82) is 0 Å². The minimum atomic E-state index is 0. The van der Waals surface area contributed by atoms with Crippen LogP contribution in [-0.2, 0) is 0 Å². The van der Waals surface area contributed by atoms with Gasteiger partial charge >= 0.3 is 0 Å². The van der Waals surface area contributed by atoms with Gasteiger partial charge in [0.15, 0.2) is 0 Å². The van der Waals surface area contributed by atoms with E-state index in [1.807, 2.05) is 13.8 Å². The van der Waals surface area contributed by atoms with Crippen LogP contribution < -0.4 is 0 Å². The highest BCUT2D eigenvalue weighted by Crippen LogP contribution is 2.20. The van der Waals surface area contributed by atoms with Crippen molar-refractivity contribution in [2.24, 2.45) is 5.92 Å². The maximum Gasteiger partial charge on any atom is -0.0322 e. The summed E-state index contributed by atoms with van der Waals surface area (Å²) >= 11 is 0. The van der Waals surface area contributed by atoms with E-state index in [1.54, 1.807) is 0 Å². The molecule has 0 aromatic rings. The van der Waals surface area contributed by atoms with Crippen LogP contribution in [0.1, 0.15) is 53.9 Å². The summed E-state index contributed by atoms with van der Waals surface area (Å²) in [6, 6.07) is 0. The molecule has 0 saturated carbocycles. The highest BCUT2D eigenvalue weighted by Gasteiger charge is 2.04. The minimum Gasteiger partial charge on any atom is -0.0885 e. The minimum absolute atomic E-state index is 0. The molecule has 1 aliphatic carbocycles. The van der Waals surface area contributed by atoms with Gasteiger partial charge < -0.3 is 0 Å². The Morgan fingerprint density at radius 2 is 1.91 bits per heavy atom. The Kier molecular flexibility index (Phi) is 11.8. The summed E-state index contributed by atoms with van der Waals surface area (Å²) in [5.74, 6) is 1.000. The van der Waals surface area contributed by atoms with E-state index in [1.165, 1.54) is 25.7 Å². The Hall–Kier alpha value is -0.260. The van der Waals surface area contributed by atoms with Gasteiger partial charge in [0.25, 0.3) is 0 Å². The van der Waals surface area contributed by atoms with Crippen LogP contribution in [-0.4, -0.2) is 0 Å². The van der Waals surface area contributed by atoms with Crippen LogP contribution in [0.15, 0.2) is 12.2 Å². The molecule has 1 aliphatic rings. The summed E-state index contributed by atoms with van der Waals surface area (Å²) in [6.45, 7) is 6.28. The zero-order valence-electron chi connectivity index (χ0n) is 7.56. The third-order valence-corrected chi connectivity index (χ3v) is 1.96. The fourth-order valence-corrected chi connectivity index (χ4v) is 1.23. The number of allylic oxidation sites excluding steroid dienone is 2. The molecule has 0 radical (unpaired) electrons. The second-order valence-corrected chi connectivity index (χ2v) is 2.56. The molecule has 0 aromatic heterocycles.